The van der Waals surface area contributed by atoms with E-state index in [1.54, 1.807) is 24.3 Å². The zero-order valence-corrected chi connectivity index (χ0v) is 8.11. The van der Waals surface area contributed by atoms with Gasteiger partial charge in [0, 0.05) is 0 Å². The average Bonchev–Trinajstić information content (AvgIpc) is 2.06. The Kier molecular flexibility index (Phi) is 3.34. The normalized spacial score (nSPS) is 9.93. The topological polar surface area (TPSA) is 58.2 Å². The summed E-state index contributed by atoms with van der Waals surface area (Å²) in [6.45, 7) is 3.74. The van der Waals surface area contributed by atoms with Gasteiger partial charge in [0.25, 0.3) is 0 Å². The van der Waals surface area contributed by atoms with Crippen molar-refractivity contribution in [2.24, 2.45) is 0 Å². The van der Waals surface area contributed by atoms with E-state index in [-0.39, 0.29) is 6.10 Å². The third-order valence-corrected chi connectivity index (χ3v) is 1.49. The molecule has 1 aromatic rings. The summed E-state index contributed by atoms with van der Waals surface area (Å²) in [7, 11) is 0. The van der Waals surface area contributed by atoms with Gasteiger partial charge in [0.1, 0.15) is 5.75 Å². The number of carbonyl (C=O) groups is 1. The number of carbonyl (C=O) groups excluding carboxylic acids is 1. The lowest BCUT2D eigenvalue weighted by Gasteiger charge is -2.12. The van der Waals surface area contributed by atoms with E-state index in [1.165, 1.54) is 0 Å². The largest absolute Gasteiger partial charge is 0.489 e. The highest BCUT2D eigenvalue weighted by Gasteiger charge is 2.07. The maximum Gasteiger partial charge on any atom is 0.455 e. The van der Waals surface area contributed by atoms with Crippen LogP contribution in [-0.2, 0) is 5.11 Å². The molecule has 0 unspecified atom stereocenters. The Morgan fingerprint density at radius 1 is 1.36 bits per heavy atom. The predicted octanol–water partition coefficient (Wildman–Crippen LogP) is 2.44. The molecule has 1 aromatic carbocycles. The van der Waals surface area contributed by atoms with Crippen LogP contribution in [0.1, 0.15) is 13.8 Å². The van der Waals surface area contributed by atoms with E-state index in [9.17, 15) is 9.90 Å². The van der Waals surface area contributed by atoms with Gasteiger partial charge in [0.15, 0.2) is 0 Å². The summed E-state index contributed by atoms with van der Waals surface area (Å²) in [5.74, 6) is 0.506. The standard InChI is InChI=1S/C10H12NO3/c1-7(2)14-9-6-4-3-5-8(9)11-10(12)13/h3-7,11H,1-2H3. The molecule has 0 aliphatic carbocycles. The summed E-state index contributed by atoms with van der Waals surface area (Å²) in [5, 5.41) is 12.5. The van der Waals surface area contributed by atoms with Crippen molar-refractivity contribution >= 4 is 11.8 Å². The molecule has 0 aliphatic rings. The summed E-state index contributed by atoms with van der Waals surface area (Å²) >= 11 is 0. The monoisotopic (exact) mass is 194 g/mol. The Balaban J connectivity index is 2.85. The molecule has 0 aliphatic heterocycles. The number of rotatable bonds is 3. The van der Waals surface area contributed by atoms with Gasteiger partial charge in [-0.3, -0.25) is 5.32 Å². The highest BCUT2D eigenvalue weighted by molar-refractivity contribution is 5.84. The number of anilines is 1. The fraction of sp³-hybridized carbons (Fsp3) is 0.300. The molecule has 0 heterocycles. The molecule has 0 atom stereocenters. The zero-order chi connectivity index (χ0) is 10.6. The van der Waals surface area contributed by atoms with Crippen molar-refractivity contribution in [3.63, 3.8) is 0 Å². The quantitative estimate of drug-likeness (QED) is 0.803. The minimum atomic E-state index is -1.34. The molecule has 0 aromatic heterocycles. The fourth-order valence-corrected chi connectivity index (χ4v) is 1.04. The van der Waals surface area contributed by atoms with Crippen LogP contribution >= 0.6 is 0 Å². The molecule has 1 N–H and O–H groups in total. The maximum absolute atomic E-state index is 10.3. The van der Waals surface area contributed by atoms with Crippen LogP contribution in [0.3, 0.4) is 0 Å². The number of para-hydroxylation sites is 2. The Morgan fingerprint density at radius 2 is 2.00 bits per heavy atom. The first-order chi connectivity index (χ1) is 6.59. The second-order valence-corrected chi connectivity index (χ2v) is 3.08. The maximum atomic E-state index is 10.3. The summed E-state index contributed by atoms with van der Waals surface area (Å²) in [6, 6.07) is 6.81. The number of hydrogen-bond acceptors (Lipinski definition) is 2. The Hall–Kier alpha value is -1.71. The summed E-state index contributed by atoms with van der Waals surface area (Å²) in [4.78, 5) is 10.3. The van der Waals surface area contributed by atoms with Gasteiger partial charge in [-0.25, -0.2) is 9.90 Å². The molecule has 14 heavy (non-hydrogen) atoms. The van der Waals surface area contributed by atoms with E-state index in [2.05, 4.69) is 5.32 Å². The number of ether oxygens (including phenoxy) is 1. The Morgan fingerprint density at radius 3 is 2.57 bits per heavy atom. The van der Waals surface area contributed by atoms with Gasteiger partial charge in [-0.05, 0) is 26.0 Å². The minimum Gasteiger partial charge on any atom is -0.489 e. The second-order valence-electron chi connectivity index (χ2n) is 3.08. The Bertz CT molecular complexity index is 323. The zero-order valence-electron chi connectivity index (χ0n) is 8.11. The summed E-state index contributed by atoms with van der Waals surface area (Å²) < 4.78 is 5.39. The number of nitrogens with one attached hydrogen (secondary N) is 1. The van der Waals surface area contributed by atoms with Gasteiger partial charge < -0.3 is 4.74 Å². The van der Waals surface area contributed by atoms with Crippen LogP contribution in [0.15, 0.2) is 24.3 Å². The lowest BCUT2D eigenvalue weighted by Crippen LogP contribution is -2.11. The molecule has 0 saturated heterocycles. The van der Waals surface area contributed by atoms with Crippen LogP contribution in [0.2, 0.25) is 0 Å². The molecule has 0 saturated carbocycles. The van der Waals surface area contributed by atoms with Crippen LogP contribution in [0, 0.1) is 0 Å². The molecular formula is C10H12NO3. The SMILES string of the molecule is CC(C)Oc1ccccc1NC([O])=O. The first-order valence-electron chi connectivity index (χ1n) is 4.33. The molecule has 4 heteroatoms. The molecule has 0 bridgehead atoms. The van der Waals surface area contributed by atoms with Gasteiger partial charge >= 0.3 is 6.09 Å². The first-order valence-corrected chi connectivity index (χ1v) is 4.33. The van der Waals surface area contributed by atoms with Crippen LogP contribution in [0.25, 0.3) is 0 Å². The highest BCUT2D eigenvalue weighted by atomic mass is 16.5. The smallest absolute Gasteiger partial charge is 0.455 e. The van der Waals surface area contributed by atoms with Crippen molar-refractivity contribution in [2.45, 2.75) is 20.0 Å². The van der Waals surface area contributed by atoms with Crippen LogP contribution < -0.4 is 10.1 Å². The van der Waals surface area contributed by atoms with Crippen LogP contribution in [-0.4, -0.2) is 12.2 Å². The van der Waals surface area contributed by atoms with Gasteiger partial charge in [-0.2, -0.15) is 0 Å². The number of hydrogen-bond donors (Lipinski definition) is 1. The third kappa shape index (κ3) is 2.97. The van der Waals surface area contributed by atoms with Crippen LogP contribution in [0.5, 0.6) is 5.75 Å². The molecule has 0 spiro atoms. The molecule has 1 radical (unpaired) electrons. The molecule has 0 fully saturated rings. The number of amides is 1. The van der Waals surface area contributed by atoms with Crippen LogP contribution in [0.4, 0.5) is 10.5 Å². The lowest BCUT2D eigenvalue weighted by molar-refractivity contribution is 0.184. The van der Waals surface area contributed by atoms with Crippen molar-refractivity contribution in [3.05, 3.63) is 24.3 Å². The van der Waals surface area contributed by atoms with Gasteiger partial charge in [0.2, 0.25) is 0 Å². The number of benzene rings is 1. The third-order valence-electron chi connectivity index (χ3n) is 1.49. The first kappa shape index (κ1) is 10.4. The van der Waals surface area contributed by atoms with E-state index in [1.807, 2.05) is 13.8 Å². The van der Waals surface area contributed by atoms with E-state index < -0.39 is 6.09 Å². The van der Waals surface area contributed by atoms with E-state index in [0.29, 0.717) is 11.4 Å². The second kappa shape index (κ2) is 4.50. The average molecular weight is 194 g/mol. The molecule has 1 rings (SSSR count). The molecule has 4 nitrogen and oxygen atoms in total. The summed E-state index contributed by atoms with van der Waals surface area (Å²) in [5.41, 5.74) is 0.404. The Labute approximate surface area is 82.5 Å². The van der Waals surface area contributed by atoms with Crippen molar-refractivity contribution < 1.29 is 14.6 Å². The van der Waals surface area contributed by atoms with Crippen molar-refractivity contribution in [1.82, 2.24) is 0 Å². The van der Waals surface area contributed by atoms with Gasteiger partial charge in [-0.1, -0.05) is 12.1 Å². The van der Waals surface area contributed by atoms with Gasteiger partial charge in [-0.15, -0.1) is 0 Å². The molecule has 1 amide bonds. The molecular weight excluding hydrogens is 182 g/mol. The van der Waals surface area contributed by atoms with E-state index in [4.69, 9.17) is 4.74 Å². The van der Waals surface area contributed by atoms with Crippen molar-refractivity contribution in [3.8, 4) is 5.75 Å². The summed E-state index contributed by atoms with van der Waals surface area (Å²) in [6.07, 6.45) is -1.34. The minimum absolute atomic E-state index is 0.000274. The molecule has 75 valence electrons. The van der Waals surface area contributed by atoms with E-state index >= 15 is 0 Å². The van der Waals surface area contributed by atoms with Crippen molar-refractivity contribution in [1.29, 1.82) is 0 Å². The van der Waals surface area contributed by atoms with Gasteiger partial charge in [0.05, 0.1) is 11.8 Å². The lowest BCUT2D eigenvalue weighted by atomic mass is 10.3. The highest BCUT2D eigenvalue weighted by Crippen LogP contribution is 2.24. The van der Waals surface area contributed by atoms with E-state index in [0.717, 1.165) is 0 Å². The fourth-order valence-electron chi connectivity index (χ4n) is 1.04. The van der Waals surface area contributed by atoms with Crippen molar-refractivity contribution in [2.75, 3.05) is 5.32 Å². The predicted molar refractivity (Wildman–Crippen MR) is 51.9 cm³/mol.